The Hall–Kier alpha value is -3.99. The van der Waals surface area contributed by atoms with Gasteiger partial charge in [-0.25, -0.2) is 22.8 Å². The Bertz CT molecular complexity index is 2350. The van der Waals surface area contributed by atoms with Crippen molar-refractivity contribution in [3.8, 4) is 17.1 Å². The number of anilines is 2. The maximum atomic E-state index is 14.6. The van der Waals surface area contributed by atoms with E-state index >= 15 is 0 Å². The van der Waals surface area contributed by atoms with Gasteiger partial charge in [0.2, 0.25) is 0 Å². The fraction of sp³-hybridized carbons (Fsp3) is 0.415. The standard InChI is InChI=1S/C41H50ClFN4O4S/c1-21(2)52(48,49)25(6)18-44-30(11)39-24(5)15-36(51-39)37-23(4)14-34-38(29(37)10)41(46-20-45-34)47(12)35-17-33(42)40(28(9)27(35)8)50-19-31-16-32(43)13-22(3)26(31)7/h13-17,20-21,25,30,44H,18-19H2,1-12H3/i13D,16D. The van der Waals surface area contributed by atoms with Crippen molar-refractivity contribution in [1.29, 1.82) is 0 Å². The highest BCUT2D eigenvalue weighted by Gasteiger charge is 2.27. The molecule has 0 spiro atoms. The van der Waals surface area contributed by atoms with Crippen molar-refractivity contribution in [2.24, 2.45) is 0 Å². The predicted octanol–water partition coefficient (Wildman–Crippen LogP) is 10.1. The van der Waals surface area contributed by atoms with Crippen LogP contribution in [-0.2, 0) is 16.4 Å². The fourth-order valence-corrected chi connectivity index (χ4v) is 8.32. The lowest BCUT2D eigenvalue weighted by atomic mass is 9.95. The summed E-state index contributed by atoms with van der Waals surface area (Å²) in [6.07, 6.45) is 1.54. The molecule has 11 heteroatoms. The number of benzene rings is 3. The zero-order chi connectivity index (χ0) is 40.1. The first kappa shape index (κ1) is 36.4. The number of hydrogen-bond donors (Lipinski definition) is 1. The Labute approximate surface area is 315 Å². The molecular formula is C41H50ClFN4O4S. The number of rotatable bonds is 12. The van der Waals surface area contributed by atoms with Gasteiger partial charge in [-0.2, -0.15) is 0 Å². The lowest BCUT2D eigenvalue weighted by molar-refractivity contribution is 0.302. The first-order valence-electron chi connectivity index (χ1n) is 18.4. The number of nitrogens with one attached hydrogen (secondary N) is 1. The summed E-state index contributed by atoms with van der Waals surface area (Å²) >= 11 is 6.88. The fourth-order valence-electron chi connectivity index (χ4n) is 6.76. The van der Waals surface area contributed by atoms with Crippen molar-refractivity contribution >= 4 is 43.8 Å². The summed E-state index contributed by atoms with van der Waals surface area (Å²) in [7, 11) is -1.32. The van der Waals surface area contributed by atoms with Gasteiger partial charge >= 0.3 is 0 Å². The van der Waals surface area contributed by atoms with Crippen molar-refractivity contribution in [2.75, 3.05) is 18.5 Å². The Morgan fingerprint density at radius 3 is 2.31 bits per heavy atom. The van der Waals surface area contributed by atoms with E-state index in [1.807, 2.05) is 71.7 Å². The zero-order valence-corrected chi connectivity index (χ0v) is 33.7. The van der Waals surface area contributed by atoms with Crippen LogP contribution in [0.3, 0.4) is 0 Å². The molecular weight excluding hydrogens is 699 g/mol. The molecule has 2 atom stereocenters. The Morgan fingerprint density at radius 2 is 1.63 bits per heavy atom. The number of aryl methyl sites for hydroxylation is 3. The molecule has 0 aliphatic heterocycles. The van der Waals surface area contributed by atoms with Crippen LogP contribution in [-0.4, -0.2) is 42.5 Å². The third-order valence-electron chi connectivity index (χ3n) is 10.3. The average molecular weight is 751 g/mol. The summed E-state index contributed by atoms with van der Waals surface area (Å²) in [5, 5.41) is 3.57. The summed E-state index contributed by atoms with van der Waals surface area (Å²) in [5.41, 5.74) is 8.54. The van der Waals surface area contributed by atoms with Crippen LogP contribution in [0.2, 0.25) is 5.02 Å². The molecule has 2 unspecified atom stereocenters. The molecule has 0 aliphatic carbocycles. The molecule has 278 valence electrons. The van der Waals surface area contributed by atoms with E-state index in [0.29, 0.717) is 45.6 Å². The van der Waals surface area contributed by atoms with Gasteiger partial charge in [-0.3, -0.25) is 0 Å². The van der Waals surface area contributed by atoms with Crippen molar-refractivity contribution in [3.63, 3.8) is 0 Å². The van der Waals surface area contributed by atoms with E-state index in [0.717, 1.165) is 55.7 Å². The molecule has 2 heterocycles. The van der Waals surface area contributed by atoms with Gasteiger partial charge in [0.25, 0.3) is 0 Å². The van der Waals surface area contributed by atoms with Crippen LogP contribution < -0.4 is 15.0 Å². The summed E-state index contributed by atoms with van der Waals surface area (Å²) in [6, 6.07) is 5.02. The third kappa shape index (κ3) is 7.43. The molecule has 3 aromatic carbocycles. The zero-order valence-electron chi connectivity index (χ0n) is 34.1. The molecule has 0 saturated carbocycles. The first-order chi connectivity index (χ1) is 25.2. The molecule has 5 aromatic rings. The second-order valence-corrected chi connectivity index (χ2v) is 17.5. The lowest BCUT2D eigenvalue weighted by Gasteiger charge is -2.26. The molecule has 0 fully saturated rings. The van der Waals surface area contributed by atoms with Crippen molar-refractivity contribution in [2.45, 2.75) is 99.3 Å². The highest BCUT2D eigenvalue weighted by Crippen LogP contribution is 2.43. The third-order valence-corrected chi connectivity index (χ3v) is 13.1. The minimum atomic E-state index is -3.24. The molecule has 0 aliphatic rings. The van der Waals surface area contributed by atoms with Crippen LogP contribution in [0.1, 0.15) is 86.7 Å². The van der Waals surface area contributed by atoms with Crippen LogP contribution in [0.15, 0.2) is 41.0 Å². The van der Waals surface area contributed by atoms with Crippen LogP contribution in [0.5, 0.6) is 5.75 Å². The number of hydrogen-bond acceptors (Lipinski definition) is 8. The maximum absolute atomic E-state index is 14.6. The second-order valence-electron chi connectivity index (χ2n) is 14.1. The van der Waals surface area contributed by atoms with Gasteiger partial charge in [0.1, 0.15) is 41.8 Å². The molecule has 0 amide bonds. The van der Waals surface area contributed by atoms with Gasteiger partial charge in [0.15, 0.2) is 9.84 Å². The van der Waals surface area contributed by atoms with Crippen LogP contribution in [0.4, 0.5) is 15.9 Å². The number of halogens is 2. The SMILES string of the molecule is [2H]c1c(C)c(C)c(COc2c(Cl)cc(N(C)c3ncnc4cc(C)c(-c5cc(C)c(C(C)NCC(C)S(=O)(=O)C(C)C)o5)c(C)c34)c(C)c2C)c([2H])c1F. The number of sulfone groups is 1. The van der Waals surface area contributed by atoms with E-state index in [-0.39, 0.29) is 24.7 Å². The first-order valence-corrected chi connectivity index (χ1v) is 19.4. The van der Waals surface area contributed by atoms with Crippen molar-refractivity contribution < 1.29 is 24.7 Å². The largest absolute Gasteiger partial charge is 0.487 e. The number of ether oxygens (including phenoxy) is 1. The normalized spacial score (nSPS) is 13.8. The van der Waals surface area contributed by atoms with E-state index in [9.17, 15) is 12.8 Å². The van der Waals surface area contributed by atoms with Gasteiger partial charge in [0.05, 0.1) is 29.8 Å². The van der Waals surface area contributed by atoms with Crippen LogP contribution in [0.25, 0.3) is 22.2 Å². The molecule has 0 bridgehead atoms. The highest BCUT2D eigenvalue weighted by molar-refractivity contribution is 7.92. The molecule has 52 heavy (non-hydrogen) atoms. The number of fused-ring (bicyclic) bond motifs is 1. The van der Waals surface area contributed by atoms with Gasteiger partial charge in [-0.15, -0.1) is 0 Å². The number of aromatic nitrogens is 2. The lowest BCUT2D eigenvalue weighted by Crippen LogP contribution is -2.36. The highest BCUT2D eigenvalue weighted by atomic mass is 35.5. The Morgan fingerprint density at radius 1 is 0.942 bits per heavy atom. The summed E-state index contributed by atoms with van der Waals surface area (Å²) in [5.74, 6) is 1.67. The van der Waals surface area contributed by atoms with Gasteiger partial charge < -0.3 is 19.4 Å². The molecule has 0 saturated heterocycles. The average Bonchev–Trinajstić information content (AvgIpc) is 3.51. The maximum Gasteiger partial charge on any atom is 0.156 e. The van der Waals surface area contributed by atoms with Gasteiger partial charge in [-0.05, 0) is 151 Å². The summed E-state index contributed by atoms with van der Waals surface area (Å²) in [6.45, 7) is 20.7. The Kier molecular flexibility index (Phi) is 10.6. The van der Waals surface area contributed by atoms with E-state index < -0.39 is 26.2 Å². The summed E-state index contributed by atoms with van der Waals surface area (Å²) in [4.78, 5) is 11.4. The van der Waals surface area contributed by atoms with Crippen molar-refractivity contribution in [3.05, 3.63) is 97.7 Å². The van der Waals surface area contributed by atoms with Gasteiger partial charge in [0, 0.05) is 30.2 Å². The second kappa shape index (κ2) is 15.2. The van der Waals surface area contributed by atoms with Gasteiger partial charge in [-0.1, -0.05) is 11.6 Å². The molecule has 0 radical (unpaired) electrons. The van der Waals surface area contributed by atoms with Crippen molar-refractivity contribution in [1.82, 2.24) is 15.3 Å². The van der Waals surface area contributed by atoms with E-state index in [2.05, 4.69) is 10.3 Å². The van der Waals surface area contributed by atoms with Crippen LogP contribution >= 0.6 is 11.6 Å². The minimum absolute atomic E-state index is 0.0717. The van der Waals surface area contributed by atoms with E-state index in [1.54, 1.807) is 40.9 Å². The number of nitrogens with zero attached hydrogens (tertiary/aromatic N) is 3. The number of furan rings is 1. The Balaban J connectivity index is 1.49. The van der Waals surface area contributed by atoms with E-state index in [1.165, 1.54) is 0 Å². The van der Waals surface area contributed by atoms with E-state index in [4.69, 9.17) is 28.5 Å². The monoisotopic (exact) mass is 750 g/mol. The predicted molar refractivity (Wildman–Crippen MR) is 211 cm³/mol. The van der Waals surface area contributed by atoms with Crippen LogP contribution in [0, 0.1) is 54.3 Å². The molecule has 2 aromatic heterocycles. The summed E-state index contributed by atoms with van der Waals surface area (Å²) < 4.78 is 68.9. The smallest absolute Gasteiger partial charge is 0.156 e. The minimum Gasteiger partial charge on any atom is -0.487 e. The quantitative estimate of drug-likeness (QED) is 0.135. The molecule has 5 rings (SSSR count). The molecule has 1 N–H and O–H groups in total. The topological polar surface area (TPSA) is 97.6 Å². The molecule has 8 nitrogen and oxygen atoms in total.